The highest BCUT2D eigenvalue weighted by atomic mass is 32.2. The molecule has 1 N–H and O–H groups in total. The maximum absolute atomic E-state index is 9.04. The highest BCUT2D eigenvalue weighted by molar-refractivity contribution is 8.00. The number of thiophene rings is 1. The number of thioether (sulfide) groups is 1. The minimum Gasteiger partial charge on any atom is -0.506 e. The molecular weight excluding hydrogens is 166 g/mol. The molecule has 10 heavy (non-hydrogen) atoms. The summed E-state index contributed by atoms with van der Waals surface area (Å²) in [5.41, 5.74) is 0.400. The van der Waals surface area contributed by atoms with Gasteiger partial charge in [0.15, 0.2) is 0 Å². The van der Waals surface area contributed by atoms with Gasteiger partial charge in [-0.25, -0.2) is 0 Å². The van der Waals surface area contributed by atoms with Crippen molar-refractivity contribution in [1.29, 1.82) is 5.26 Å². The van der Waals surface area contributed by atoms with Gasteiger partial charge in [-0.05, 0) is 6.26 Å². The molecule has 0 aliphatic heterocycles. The van der Waals surface area contributed by atoms with Crippen LogP contribution in [0.25, 0.3) is 0 Å². The molecule has 0 unspecified atom stereocenters. The van der Waals surface area contributed by atoms with Crippen LogP contribution in [-0.2, 0) is 0 Å². The summed E-state index contributed by atoms with van der Waals surface area (Å²) in [5, 5.41) is 19.1. The molecule has 52 valence electrons. The molecule has 4 heteroatoms. The van der Waals surface area contributed by atoms with Gasteiger partial charge in [-0.15, -0.1) is 23.1 Å². The zero-order chi connectivity index (χ0) is 7.56. The number of rotatable bonds is 1. The Balaban J connectivity index is 3.17. The summed E-state index contributed by atoms with van der Waals surface area (Å²) >= 11 is 2.87. The predicted molar refractivity (Wildman–Crippen MR) is 42.5 cm³/mol. The lowest BCUT2D eigenvalue weighted by Gasteiger charge is -1.87. The molecule has 0 bridgehead atoms. The highest BCUT2D eigenvalue weighted by Gasteiger charge is 2.07. The van der Waals surface area contributed by atoms with Crippen LogP contribution in [-0.4, -0.2) is 11.4 Å². The van der Waals surface area contributed by atoms with Gasteiger partial charge in [0.1, 0.15) is 17.4 Å². The van der Waals surface area contributed by atoms with E-state index in [9.17, 15) is 0 Å². The highest BCUT2D eigenvalue weighted by Crippen LogP contribution is 2.33. The topological polar surface area (TPSA) is 44.0 Å². The fraction of sp³-hybridized carbons (Fsp3) is 0.167. The number of nitriles is 1. The fourth-order valence-corrected chi connectivity index (χ4v) is 2.07. The van der Waals surface area contributed by atoms with Crippen molar-refractivity contribution < 1.29 is 5.11 Å². The fourth-order valence-electron chi connectivity index (χ4n) is 0.585. The first-order valence-corrected chi connectivity index (χ1v) is 4.64. The summed E-state index contributed by atoms with van der Waals surface area (Å²) in [6.07, 6.45) is 1.88. The summed E-state index contributed by atoms with van der Waals surface area (Å²) in [7, 11) is 0. The van der Waals surface area contributed by atoms with Crippen LogP contribution < -0.4 is 0 Å². The van der Waals surface area contributed by atoms with E-state index < -0.39 is 0 Å². The van der Waals surface area contributed by atoms with E-state index in [2.05, 4.69) is 0 Å². The SMILES string of the molecule is CSc1scc(O)c1C#N. The Morgan fingerprint density at radius 3 is 2.90 bits per heavy atom. The van der Waals surface area contributed by atoms with Gasteiger partial charge in [0.05, 0.1) is 4.21 Å². The second-order valence-electron chi connectivity index (χ2n) is 1.60. The van der Waals surface area contributed by atoms with Gasteiger partial charge in [0.25, 0.3) is 0 Å². The third-order valence-corrected chi connectivity index (χ3v) is 3.16. The molecule has 0 amide bonds. The predicted octanol–water partition coefficient (Wildman–Crippen LogP) is 2.05. The van der Waals surface area contributed by atoms with Gasteiger partial charge in [0, 0.05) is 5.38 Å². The van der Waals surface area contributed by atoms with E-state index in [4.69, 9.17) is 10.4 Å². The molecule has 1 aromatic rings. The number of hydrogen-bond acceptors (Lipinski definition) is 4. The number of hydrogen-bond donors (Lipinski definition) is 1. The van der Waals surface area contributed by atoms with Crippen LogP contribution in [0.5, 0.6) is 5.75 Å². The van der Waals surface area contributed by atoms with Crippen LogP contribution in [0.3, 0.4) is 0 Å². The maximum Gasteiger partial charge on any atom is 0.145 e. The molecule has 0 aliphatic rings. The van der Waals surface area contributed by atoms with Gasteiger partial charge in [0.2, 0.25) is 0 Å². The van der Waals surface area contributed by atoms with Crippen LogP contribution in [0.1, 0.15) is 5.56 Å². The van der Waals surface area contributed by atoms with E-state index in [1.54, 1.807) is 5.38 Å². The van der Waals surface area contributed by atoms with Crippen molar-refractivity contribution >= 4 is 23.1 Å². The summed E-state index contributed by atoms with van der Waals surface area (Å²) in [5.74, 6) is 0.0943. The lowest BCUT2D eigenvalue weighted by molar-refractivity contribution is 0.475. The third-order valence-electron chi connectivity index (χ3n) is 1.04. The Morgan fingerprint density at radius 1 is 1.80 bits per heavy atom. The molecule has 2 nitrogen and oxygen atoms in total. The van der Waals surface area contributed by atoms with Crippen molar-refractivity contribution in [2.24, 2.45) is 0 Å². The smallest absolute Gasteiger partial charge is 0.145 e. The molecule has 0 radical (unpaired) electrons. The largest absolute Gasteiger partial charge is 0.506 e. The van der Waals surface area contributed by atoms with Crippen molar-refractivity contribution in [2.45, 2.75) is 4.21 Å². The first-order valence-electron chi connectivity index (χ1n) is 2.54. The van der Waals surface area contributed by atoms with Crippen LogP contribution in [0.15, 0.2) is 9.59 Å². The van der Waals surface area contributed by atoms with E-state index >= 15 is 0 Å². The average Bonchev–Trinajstić information content (AvgIpc) is 2.30. The van der Waals surface area contributed by atoms with E-state index in [0.29, 0.717) is 5.56 Å². The lowest BCUT2D eigenvalue weighted by atomic mass is 10.3. The molecule has 0 saturated carbocycles. The standard InChI is InChI=1S/C6H5NOS2/c1-9-6-4(2-7)5(8)3-10-6/h3,8H,1H3. The Hall–Kier alpha value is -0.660. The molecule has 0 aliphatic carbocycles. The second kappa shape index (κ2) is 2.95. The van der Waals surface area contributed by atoms with Crippen LogP contribution in [0, 0.1) is 11.3 Å². The minimum atomic E-state index is 0.0943. The van der Waals surface area contributed by atoms with Crippen molar-refractivity contribution in [1.82, 2.24) is 0 Å². The van der Waals surface area contributed by atoms with E-state index in [0.717, 1.165) is 4.21 Å². The summed E-state index contributed by atoms with van der Waals surface area (Å²) in [6.45, 7) is 0. The van der Waals surface area contributed by atoms with E-state index in [1.165, 1.54) is 23.1 Å². The Morgan fingerprint density at radius 2 is 2.50 bits per heavy atom. The quantitative estimate of drug-likeness (QED) is 0.658. The molecular formula is C6H5NOS2. The van der Waals surface area contributed by atoms with Gasteiger partial charge >= 0.3 is 0 Å². The van der Waals surface area contributed by atoms with Crippen molar-refractivity contribution in [3.05, 3.63) is 10.9 Å². The summed E-state index contributed by atoms with van der Waals surface area (Å²) < 4.78 is 0.875. The zero-order valence-electron chi connectivity index (χ0n) is 5.29. The average molecular weight is 171 g/mol. The van der Waals surface area contributed by atoms with Crippen molar-refractivity contribution in [3.63, 3.8) is 0 Å². The minimum absolute atomic E-state index is 0.0943. The van der Waals surface area contributed by atoms with Gasteiger partial charge in [-0.1, -0.05) is 0 Å². The first kappa shape index (κ1) is 7.45. The monoisotopic (exact) mass is 171 g/mol. The number of aromatic hydroxyl groups is 1. The van der Waals surface area contributed by atoms with Crippen molar-refractivity contribution in [2.75, 3.05) is 6.26 Å². The van der Waals surface area contributed by atoms with Crippen LogP contribution in [0.4, 0.5) is 0 Å². The molecule has 0 spiro atoms. The molecule has 1 rings (SSSR count). The maximum atomic E-state index is 9.04. The zero-order valence-corrected chi connectivity index (χ0v) is 6.92. The van der Waals surface area contributed by atoms with Crippen LogP contribution >= 0.6 is 23.1 Å². The van der Waals surface area contributed by atoms with E-state index in [-0.39, 0.29) is 5.75 Å². The molecule has 0 atom stereocenters. The molecule has 1 heterocycles. The Kier molecular flexibility index (Phi) is 2.20. The van der Waals surface area contributed by atoms with Gasteiger partial charge < -0.3 is 5.11 Å². The molecule has 0 fully saturated rings. The van der Waals surface area contributed by atoms with Crippen LogP contribution in [0.2, 0.25) is 0 Å². The molecule has 1 aromatic heterocycles. The Bertz CT molecular complexity index is 274. The van der Waals surface area contributed by atoms with Gasteiger partial charge in [-0.3, -0.25) is 0 Å². The normalized spacial score (nSPS) is 9.20. The number of nitrogens with zero attached hydrogens (tertiary/aromatic N) is 1. The first-order chi connectivity index (χ1) is 4.79. The Labute approximate surface area is 67.1 Å². The van der Waals surface area contributed by atoms with E-state index in [1.807, 2.05) is 12.3 Å². The van der Waals surface area contributed by atoms with Crippen molar-refractivity contribution in [3.8, 4) is 11.8 Å². The summed E-state index contributed by atoms with van der Waals surface area (Å²) in [4.78, 5) is 0. The second-order valence-corrected chi connectivity index (χ2v) is 3.55. The molecule has 0 saturated heterocycles. The third kappa shape index (κ3) is 1.11. The summed E-state index contributed by atoms with van der Waals surface area (Å²) in [6, 6.07) is 1.93. The lowest BCUT2D eigenvalue weighted by Crippen LogP contribution is -1.69. The molecule has 0 aromatic carbocycles. The van der Waals surface area contributed by atoms with Gasteiger partial charge in [-0.2, -0.15) is 5.26 Å².